The van der Waals surface area contributed by atoms with Crippen LogP contribution in [0.2, 0.25) is 0 Å². The molecule has 4 N–H and O–H groups in total. The van der Waals surface area contributed by atoms with E-state index in [0.717, 1.165) is 143 Å². The number of carbonyl (C=O) groups is 3. The van der Waals surface area contributed by atoms with Gasteiger partial charge in [-0.25, -0.2) is 4.68 Å². The molecule has 0 bridgehead atoms. The Morgan fingerprint density at radius 3 is 1.18 bits per heavy atom. The predicted octanol–water partition coefficient (Wildman–Crippen LogP) is 12.4. The number of Topliss-reactive ketones (excluding diaryl/α,β-unsaturated/α-hetero) is 3. The normalized spacial score (nSPS) is 41.4. The highest BCUT2D eigenvalue weighted by Crippen LogP contribution is 2.68. The van der Waals surface area contributed by atoms with Crippen LogP contribution in [0.1, 0.15) is 215 Å². The molecule has 0 aromatic carbocycles. The Hall–Kier alpha value is -2.49. The summed E-state index contributed by atoms with van der Waals surface area (Å²) < 4.78 is 18.4. The molecule has 24 atom stereocenters. The lowest BCUT2D eigenvalue weighted by molar-refractivity contribution is -0.138. The topological polar surface area (TPSA) is 281 Å². The van der Waals surface area contributed by atoms with Crippen LogP contribution in [0, 0.1) is 123 Å². The molecule has 3 aromatic heterocycles. The zero-order chi connectivity index (χ0) is 72.0. The van der Waals surface area contributed by atoms with E-state index in [0.29, 0.717) is 92.7 Å². The number of aliphatic hydroxyl groups is 3. The van der Waals surface area contributed by atoms with E-state index in [-0.39, 0.29) is 46.3 Å². The molecular formula is C75H127BrN12O9S3. The number of H-pyrrole nitrogens is 1. The maximum Gasteiger partial charge on any atom is 0.162 e. The first-order valence-corrected chi connectivity index (χ1v) is 42.6. The highest BCUT2D eigenvalue weighted by atomic mass is 79.9. The number of ether oxygens (including phenoxy) is 3. The van der Waals surface area contributed by atoms with Gasteiger partial charge in [-0.05, 0) is 334 Å². The minimum atomic E-state index is -0.618. The lowest BCUT2D eigenvalue weighted by atomic mass is 9.49. The van der Waals surface area contributed by atoms with Gasteiger partial charge < -0.3 is 29.5 Å². The van der Waals surface area contributed by atoms with Gasteiger partial charge in [0.1, 0.15) is 25.2 Å². The molecule has 0 radical (unpaired) electrons. The Morgan fingerprint density at radius 2 is 0.860 bits per heavy atom. The fourth-order valence-electron chi connectivity index (χ4n) is 25.0. The van der Waals surface area contributed by atoms with Crippen molar-refractivity contribution in [1.82, 2.24) is 61.0 Å². The van der Waals surface area contributed by atoms with Crippen LogP contribution in [0.25, 0.3) is 0 Å². The van der Waals surface area contributed by atoms with Crippen molar-refractivity contribution in [2.75, 3.05) is 63.7 Å². The van der Waals surface area contributed by atoms with E-state index < -0.39 is 16.8 Å². The van der Waals surface area contributed by atoms with Crippen LogP contribution in [-0.4, -0.2) is 174 Å². The number of rotatable bonds is 17. The van der Waals surface area contributed by atoms with Crippen molar-refractivity contribution in [3.8, 4) is 0 Å². The molecule has 12 fully saturated rings. The fraction of sp³-hybridized carbons (Fsp3) is 0.920. The van der Waals surface area contributed by atoms with Crippen molar-refractivity contribution >= 4 is 71.2 Å². The first-order valence-electron chi connectivity index (χ1n) is 38.7. The number of fused-ring (bicyclic) bond motifs is 15. The lowest BCUT2D eigenvalue weighted by Crippen LogP contribution is -2.52. The summed E-state index contributed by atoms with van der Waals surface area (Å²) in [6, 6.07) is 0. The number of aromatic amines is 1. The molecule has 3 heterocycles. The Labute approximate surface area is 622 Å². The molecule has 21 nitrogen and oxygen atoms in total. The summed E-state index contributed by atoms with van der Waals surface area (Å²) >= 11 is 14.0. The molecule has 0 unspecified atom stereocenters. The lowest BCUT2D eigenvalue weighted by Gasteiger charge is -2.57. The van der Waals surface area contributed by atoms with E-state index >= 15 is 0 Å². The molecule has 25 heteroatoms. The van der Waals surface area contributed by atoms with Crippen LogP contribution in [0.5, 0.6) is 0 Å². The number of hydrogen-bond donors (Lipinski definition) is 7. The summed E-state index contributed by atoms with van der Waals surface area (Å²) in [4.78, 5) is 40.3. The summed E-state index contributed by atoms with van der Waals surface area (Å²) in [6.45, 7) is 17.3. The van der Waals surface area contributed by atoms with Crippen molar-refractivity contribution in [2.24, 2.45) is 123 Å². The third kappa shape index (κ3) is 17.9. The molecule has 12 saturated carbocycles. The minimum Gasteiger partial charge on any atom is -0.387 e. The van der Waals surface area contributed by atoms with Crippen LogP contribution < -0.4 is 0 Å². The van der Waals surface area contributed by atoms with Gasteiger partial charge in [0.15, 0.2) is 24.2 Å². The van der Waals surface area contributed by atoms with Gasteiger partial charge in [0.05, 0.1) is 42.0 Å². The second kappa shape index (κ2) is 36.9. The number of nitrogens with zero attached hydrogens (tertiary/aromatic N) is 11. The highest BCUT2D eigenvalue weighted by molar-refractivity contribution is 9.09. The molecule has 3 aromatic rings. The van der Waals surface area contributed by atoms with Crippen LogP contribution in [-0.2, 0) is 41.7 Å². The number of hydrogen-bond acceptors (Lipinski definition) is 21. The van der Waals surface area contributed by atoms with E-state index in [9.17, 15) is 29.7 Å². The molecule has 0 amide bonds. The average Bonchev–Trinajstić information content (AvgIpc) is 1.47. The molecule has 0 saturated heterocycles. The van der Waals surface area contributed by atoms with Crippen molar-refractivity contribution < 1.29 is 43.9 Å². The van der Waals surface area contributed by atoms with Crippen molar-refractivity contribution in [3.05, 3.63) is 19.0 Å². The van der Waals surface area contributed by atoms with Gasteiger partial charge in [0, 0.05) is 37.6 Å². The number of tetrazole rings is 3. The Kier molecular flexibility index (Phi) is 30.1. The SMILES string of the molecule is CCOC[C@@]1(O)CC[C@H]2[C@@H](CC[C@@H]3[C@@H]2CC[C@]2(C)[C@@H](C(=O)CBr)CC[C@@H]32)C1.CCOC[C@@]1(O)CC[C@H]2[C@@H](CC[C@@H]3[C@@H]2CC[C@]2(C)[C@@H](C(=O)Cn4cnnn4)CC[C@@H]32)C1.CCOC[C@@]1(O)CC[C@H]2[C@@H](CC[C@@H]3[C@@H]2CC[C@]2(C)[C@@H](C(=O)Cn4ncnn4)CC[C@@H]32)C1.CS.CS.CS.c1nn[nH]n1. The van der Waals surface area contributed by atoms with E-state index in [1.807, 2.05) is 20.8 Å². The Balaban J connectivity index is 0.000000163. The predicted molar refractivity (Wildman–Crippen MR) is 399 cm³/mol. The van der Waals surface area contributed by atoms with Gasteiger partial charge in [0.2, 0.25) is 0 Å². The number of carbonyl (C=O) groups excluding carboxylic acids is 3. The number of aromatic nitrogens is 12. The number of ketones is 3. The van der Waals surface area contributed by atoms with Crippen LogP contribution in [0.4, 0.5) is 0 Å². The molecule has 100 heavy (non-hydrogen) atoms. The molecule has 12 aliphatic carbocycles. The standard InChI is InChI=1S/2C24H38N4O3.C23H37BrO3.CH2N4.3CH4S/c1-3-31-14-24(30)11-9-17-16(12-24)4-5-19-18(17)8-10-23(2)20(19)6-7-21(23)22(29)13-28-15-25-26-27-28;1-3-31-14-24(30)11-9-17-16(12-24)4-5-19-18(17)8-10-23(2)20(19)6-7-21(23)22(29)13-28-26-15-25-27-28;1-3-27-14-23(26)11-9-16-15(12-23)4-5-18-17(16)8-10-22(2)19(18)6-7-20(22)21(25)13-24;1-2-4-5-3-1;3*1-2/h2*15-21,30H,3-14H2,1-2H3;15-20,26H,3-14H2,1-2H3;1H,(H,2,3,4,5);3*2H,1H3/t2*16-,17-,18+,19+,20-,21+,23-,24+;15-,16-,17+,18+,19-,20+,22-,23+;;;;/m000..../s1. The molecule has 12 aliphatic rings. The van der Waals surface area contributed by atoms with Crippen LogP contribution in [0.3, 0.4) is 0 Å². The van der Waals surface area contributed by atoms with Crippen molar-refractivity contribution in [1.29, 1.82) is 0 Å². The van der Waals surface area contributed by atoms with Crippen molar-refractivity contribution in [2.45, 2.75) is 245 Å². The summed E-state index contributed by atoms with van der Waals surface area (Å²) in [5.41, 5.74) is -1.33. The summed E-state index contributed by atoms with van der Waals surface area (Å²) in [6.07, 6.45) is 39.9. The second-order valence-corrected chi connectivity index (χ2v) is 33.8. The third-order valence-electron chi connectivity index (χ3n) is 29.0. The van der Waals surface area contributed by atoms with Gasteiger partial charge in [-0.3, -0.25) is 14.4 Å². The Morgan fingerprint density at radius 1 is 0.470 bits per heavy atom. The molecule has 0 aliphatic heterocycles. The highest BCUT2D eigenvalue weighted by Gasteiger charge is 2.63. The number of thiol groups is 3. The first-order chi connectivity index (χ1) is 48.3. The summed E-state index contributed by atoms with van der Waals surface area (Å²) in [7, 11) is 0. The maximum absolute atomic E-state index is 13.2. The van der Waals surface area contributed by atoms with Crippen LogP contribution >= 0.6 is 53.8 Å². The van der Waals surface area contributed by atoms with Gasteiger partial charge in [-0.15, -0.1) is 25.5 Å². The van der Waals surface area contributed by atoms with Gasteiger partial charge in [-0.2, -0.15) is 47.9 Å². The third-order valence-corrected chi connectivity index (χ3v) is 29.6. The van der Waals surface area contributed by atoms with Gasteiger partial charge in [0.25, 0.3) is 0 Å². The monoisotopic (exact) mass is 1510 g/mol. The maximum atomic E-state index is 13.2. The largest absolute Gasteiger partial charge is 0.387 e. The number of halogens is 1. The van der Waals surface area contributed by atoms with E-state index in [2.05, 4.69) is 126 Å². The van der Waals surface area contributed by atoms with Gasteiger partial charge >= 0.3 is 0 Å². The minimum absolute atomic E-state index is 0.121. The fourth-order valence-corrected chi connectivity index (χ4v) is 25.4. The summed E-state index contributed by atoms with van der Waals surface area (Å²) in [5, 5.41) is 68.7. The zero-order valence-electron chi connectivity index (χ0n) is 62.0. The zero-order valence-corrected chi connectivity index (χ0v) is 66.3. The molecule has 0 spiro atoms. The molecule has 15 rings (SSSR count). The second-order valence-electron chi connectivity index (χ2n) is 33.2. The van der Waals surface area contributed by atoms with E-state index in [4.69, 9.17) is 14.2 Å². The van der Waals surface area contributed by atoms with E-state index in [1.54, 1.807) is 29.8 Å². The van der Waals surface area contributed by atoms with Crippen LogP contribution in [0.15, 0.2) is 19.0 Å². The summed E-state index contributed by atoms with van der Waals surface area (Å²) in [5.74, 6) is 12.6. The smallest absolute Gasteiger partial charge is 0.162 e. The molecule has 566 valence electrons. The van der Waals surface area contributed by atoms with Crippen molar-refractivity contribution in [3.63, 3.8) is 0 Å². The number of alkyl halides is 1. The quantitative estimate of drug-likeness (QED) is 0.0488. The number of nitrogens with one attached hydrogen (secondary N) is 1. The van der Waals surface area contributed by atoms with E-state index in [1.165, 1.54) is 107 Å². The first kappa shape index (κ1) is 81.6. The average molecular weight is 1520 g/mol. The van der Waals surface area contributed by atoms with Gasteiger partial charge in [-0.1, -0.05) is 41.9 Å². The Bertz CT molecular complexity index is 2810. The molecular weight excluding hydrogens is 1390 g/mol.